The summed E-state index contributed by atoms with van der Waals surface area (Å²) in [5.74, 6) is -0.536. The van der Waals surface area contributed by atoms with Crippen molar-refractivity contribution in [3.8, 4) is 0 Å². The van der Waals surface area contributed by atoms with Crippen LogP contribution in [0.1, 0.15) is 40.0 Å². The van der Waals surface area contributed by atoms with Gasteiger partial charge in [0.1, 0.15) is 5.69 Å². The Labute approximate surface area is 153 Å². The highest BCUT2D eigenvalue weighted by molar-refractivity contribution is 7.90. The molecule has 0 spiro atoms. The van der Waals surface area contributed by atoms with Crippen molar-refractivity contribution in [2.45, 2.75) is 24.7 Å². The highest BCUT2D eigenvalue weighted by Crippen LogP contribution is 2.43. The van der Waals surface area contributed by atoms with E-state index in [9.17, 15) is 13.2 Å². The van der Waals surface area contributed by atoms with Gasteiger partial charge in [-0.25, -0.2) is 12.4 Å². The van der Waals surface area contributed by atoms with Crippen molar-refractivity contribution in [1.82, 2.24) is 3.97 Å². The first-order valence-electron chi connectivity index (χ1n) is 8.54. The van der Waals surface area contributed by atoms with Gasteiger partial charge in [-0.1, -0.05) is 55.0 Å². The summed E-state index contributed by atoms with van der Waals surface area (Å²) in [5.41, 5.74) is 3.07. The lowest BCUT2D eigenvalue weighted by atomic mass is 9.87. The predicted octanol–water partition coefficient (Wildman–Crippen LogP) is 4.00. The molecule has 1 aromatic heterocycles. The summed E-state index contributed by atoms with van der Waals surface area (Å²) in [6.07, 6.45) is 1.50. The number of hydrogen-bond acceptors (Lipinski definition) is 3. The van der Waals surface area contributed by atoms with Crippen molar-refractivity contribution >= 4 is 15.8 Å². The first-order chi connectivity index (χ1) is 12.4. The van der Waals surface area contributed by atoms with Crippen LogP contribution in [0.2, 0.25) is 0 Å². The van der Waals surface area contributed by atoms with Gasteiger partial charge in [-0.15, -0.1) is 0 Å². The molecule has 0 amide bonds. The molecule has 0 fully saturated rings. The lowest BCUT2D eigenvalue weighted by molar-refractivity contribution is 0.0934. The first-order valence-corrected chi connectivity index (χ1v) is 9.98. The molecule has 0 saturated heterocycles. The Bertz CT molecular complexity index is 1080. The molecular formula is C21H19NO3S. The Hall–Kier alpha value is -2.66. The minimum Gasteiger partial charge on any atom is -0.292 e. The molecule has 0 unspecified atom stereocenters. The van der Waals surface area contributed by atoms with Crippen LogP contribution in [0.5, 0.6) is 0 Å². The van der Waals surface area contributed by atoms with Gasteiger partial charge in [0.05, 0.1) is 4.90 Å². The summed E-state index contributed by atoms with van der Waals surface area (Å²) < 4.78 is 27.3. The number of carbonyl (C=O) groups excluding carboxylic acids is 1. The zero-order chi connectivity index (χ0) is 18.5. The summed E-state index contributed by atoms with van der Waals surface area (Å²) in [6, 6.07) is 18.2. The number of aryl methyl sites for hydroxylation is 1. The van der Waals surface area contributed by atoms with Crippen LogP contribution in [0.25, 0.3) is 0 Å². The summed E-state index contributed by atoms with van der Waals surface area (Å²) in [7, 11) is -3.80. The Kier molecular flexibility index (Phi) is 3.84. The molecule has 0 N–H and O–H groups in total. The fourth-order valence-electron chi connectivity index (χ4n) is 3.72. The Morgan fingerprint density at radius 1 is 0.923 bits per heavy atom. The molecule has 5 heteroatoms. The molecule has 0 bridgehead atoms. The predicted molar refractivity (Wildman–Crippen MR) is 100.0 cm³/mol. The van der Waals surface area contributed by atoms with Crippen molar-refractivity contribution in [2.24, 2.45) is 5.92 Å². The van der Waals surface area contributed by atoms with E-state index in [1.807, 2.05) is 44.2 Å². The molecule has 4 nitrogen and oxygen atoms in total. The van der Waals surface area contributed by atoms with Gasteiger partial charge in [-0.3, -0.25) is 4.79 Å². The number of carbonyl (C=O) groups is 1. The average Bonchev–Trinajstić information content (AvgIpc) is 3.16. The van der Waals surface area contributed by atoms with Crippen molar-refractivity contribution < 1.29 is 13.2 Å². The monoisotopic (exact) mass is 365 g/mol. The molecule has 3 aromatic rings. The third-order valence-corrected chi connectivity index (χ3v) is 6.79. The molecule has 132 valence electrons. The summed E-state index contributed by atoms with van der Waals surface area (Å²) in [5, 5.41) is 0. The van der Waals surface area contributed by atoms with Crippen LogP contribution < -0.4 is 0 Å². The van der Waals surface area contributed by atoms with E-state index >= 15 is 0 Å². The third-order valence-electron chi connectivity index (χ3n) is 5.10. The van der Waals surface area contributed by atoms with Gasteiger partial charge in [0.2, 0.25) is 0 Å². The molecule has 4 rings (SSSR count). The zero-order valence-electron chi connectivity index (χ0n) is 14.6. The number of benzene rings is 2. The standard InChI is InChI=1S/C21H19NO3S/c1-14-8-10-17(11-9-14)26(24,25)22-13-12-18-19(15(2)21(23)20(18)22)16-6-4-3-5-7-16/h3-13,15,19H,1-2H3/t15-,19-/m0/s1. The van der Waals surface area contributed by atoms with E-state index in [4.69, 9.17) is 0 Å². The maximum atomic E-state index is 13.1. The molecule has 2 aromatic carbocycles. The Balaban J connectivity index is 1.86. The molecule has 0 radical (unpaired) electrons. The van der Waals surface area contributed by atoms with Gasteiger partial charge in [-0.05, 0) is 36.2 Å². The second-order valence-corrected chi connectivity index (χ2v) is 8.59. The van der Waals surface area contributed by atoms with Crippen molar-refractivity contribution in [3.05, 3.63) is 89.2 Å². The van der Waals surface area contributed by atoms with E-state index in [1.165, 1.54) is 6.20 Å². The number of rotatable bonds is 3. The van der Waals surface area contributed by atoms with Gasteiger partial charge >= 0.3 is 0 Å². The zero-order valence-corrected chi connectivity index (χ0v) is 15.4. The van der Waals surface area contributed by atoms with Crippen molar-refractivity contribution in [2.75, 3.05) is 0 Å². The van der Waals surface area contributed by atoms with E-state index in [0.717, 1.165) is 20.7 Å². The third kappa shape index (κ3) is 2.42. The number of nitrogens with zero attached hydrogens (tertiary/aromatic N) is 1. The number of hydrogen-bond donors (Lipinski definition) is 0. The first kappa shape index (κ1) is 16.8. The summed E-state index contributed by atoms with van der Waals surface area (Å²) in [6.45, 7) is 3.77. The van der Waals surface area contributed by atoms with Gasteiger partial charge in [-0.2, -0.15) is 0 Å². The molecule has 1 aliphatic rings. The number of aromatic nitrogens is 1. The molecular weight excluding hydrogens is 346 g/mol. The van der Waals surface area contributed by atoms with Gasteiger partial charge in [0.25, 0.3) is 10.0 Å². The van der Waals surface area contributed by atoms with Crippen molar-refractivity contribution in [1.29, 1.82) is 0 Å². The quantitative estimate of drug-likeness (QED) is 0.705. The van der Waals surface area contributed by atoms with Crippen LogP contribution in [0.15, 0.2) is 71.8 Å². The number of Topliss-reactive ketones (excluding diaryl/α,β-unsaturated/α-hetero) is 1. The van der Waals surface area contributed by atoms with E-state index in [-0.39, 0.29) is 28.2 Å². The summed E-state index contributed by atoms with van der Waals surface area (Å²) >= 11 is 0. The number of fused-ring (bicyclic) bond motifs is 1. The fraction of sp³-hybridized carbons (Fsp3) is 0.190. The lowest BCUT2D eigenvalue weighted by Gasteiger charge is -2.15. The van der Waals surface area contributed by atoms with Gasteiger partial charge < -0.3 is 0 Å². The second-order valence-electron chi connectivity index (χ2n) is 6.77. The largest absolute Gasteiger partial charge is 0.292 e. The highest BCUT2D eigenvalue weighted by atomic mass is 32.2. The minimum absolute atomic E-state index is 0.117. The van der Waals surface area contributed by atoms with E-state index in [0.29, 0.717) is 0 Å². The number of ketones is 1. The average molecular weight is 365 g/mol. The van der Waals surface area contributed by atoms with Crippen LogP contribution in [0.4, 0.5) is 0 Å². The maximum absolute atomic E-state index is 13.1. The lowest BCUT2D eigenvalue weighted by Crippen LogP contribution is -2.19. The van der Waals surface area contributed by atoms with Crippen LogP contribution in [0, 0.1) is 12.8 Å². The molecule has 26 heavy (non-hydrogen) atoms. The van der Waals surface area contributed by atoms with Crippen molar-refractivity contribution in [3.63, 3.8) is 0 Å². The SMILES string of the molecule is Cc1ccc(S(=O)(=O)n2ccc3c2C(=O)[C@@H](C)[C@H]3c2ccccc2)cc1. The van der Waals surface area contributed by atoms with Crippen LogP contribution in [-0.2, 0) is 10.0 Å². The smallest absolute Gasteiger partial charge is 0.268 e. The van der Waals surface area contributed by atoms with E-state index in [2.05, 4.69) is 0 Å². The molecule has 0 saturated carbocycles. The molecule has 2 atom stereocenters. The Morgan fingerprint density at radius 2 is 1.58 bits per heavy atom. The van der Waals surface area contributed by atoms with Crippen LogP contribution in [0.3, 0.4) is 0 Å². The van der Waals surface area contributed by atoms with E-state index in [1.54, 1.807) is 30.3 Å². The van der Waals surface area contributed by atoms with Crippen LogP contribution >= 0.6 is 0 Å². The molecule has 1 aliphatic carbocycles. The second kappa shape index (κ2) is 5.95. The topological polar surface area (TPSA) is 56.1 Å². The normalized spacial score (nSPS) is 19.5. The van der Waals surface area contributed by atoms with E-state index < -0.39 is 10.0 Å². The fourth-order valence-corrected chi connectivity index (χ4v) is 5.08. The van der Waals surface area contributed by atoms with Crippen LogP contribution in [-0.4, -0.2) is 18.2 Å². The maximum Gasteiger partial charge on any atom is 0.268 e. The minimum atomic E-state index is -3.80. The highest BCUT2D eigenvalue weighted by Gasteiger charge is 2.42. The Morgan fingerprint density at radius 3 is 2.23 bits per heavy atom. The van der Waals surface area contributed by atoms with Gasteiger partial charge in [0, 0.05) is 18.0 Å². The molecule has 0 aliphatic heterocycles. The summed E-state index contributed by atoms with van der Waals surface area (Å²) in [4.78, 5) is 13.1. The molecule has 1 heterocycles. The van der Waals surface area contributed by atoms with Gasteiger partial charge in [0.15, 0.2) is 5.78 Å².